The zero-order valence-electron chi connectivity index (χ0n) is 17.3. The highest BCUT2D eigenvalue weighted by atomic mass is 16.1. The van der Waals surface area contributed by atoms with Crippen molar-refractivity contribution in [3.05, 3.63) is 91.4 Å². The number of hydrogen-bond donors (Lipinski definition) is 1. The van der Waals surface area contributed by atoms with Crippen LogP contribution in [-0.2, 0) is 6.54 Å². The normalized spacial score (nSPS) is 11.0. The molecule has 5 aromatic rings. The largest absolute Gasteiger partial charge is 0.351 e. The van der Waals surface area contributed by atoms with Crippen LogP contribution in [0.5, 0.6) is 0 Å². The fourth-order valence-electron chi connectivity index (χ4n) is 3.54. The van der Waals surface area contributed by atoms with Crippen molar-refractivity contribution < 1.29 is 4.79 Å². The molecule has 0 radical (unpaired) electrons. The number of hydrogen-bond acceptors (Lipinski definition) is 5. The molecule has 1 N–H and O–H groups in total. The first-order valence-electron chi connectivity index (χ1n) is 10.4. The number of carbonyl (C=O) groups excluding carboxylic acids is 1. The van der Waals surface area contributed by atoms with E-state index in [9.17, 15) is 4.79 Å². The number of fused-ring (bicyclic) bond motifs is 1. The number of benzene rings is 1. The van der Waals surface area contributed by atoms with Gasteiger partial charge in [0.2, 0.25) is 0 Å². The van der Waals surface area contributed by atoms with Crippen LogP contribution < -0.4 is 5.32 Å². The van der Waals surface area contributed by atoms with Crippen LogP contribution in [0.4, 0.5) is 0 Å². The highest BCUT2D eigenvalue weighted by Gasteiger charge is 2.16. The van der Waals surface area contributed by atoms with Crippen molar-refractivity contribution in [3.8, 4) is 22.5 Å². The molecule has 4 heterocycles. The summed E-state index contributed by atoms with van der Waals surface area (Å²) in [6, 6.07) is 17.5. The standard InChI is InChI=1S/C24H21N7O/c32-24(27-9-4-13-30-14-12-26-17-30)21-16-23-28-20(18-5-2-1-3-6-18)15-22(31(23)29-21)19-7-10-25-11-8-19/h1-3,5-8,10-12,14-17H,4,9,13H2,(H,27,32). The van der Waals surface area contributed by atoms with E-state index in [1.165, 1.54) is 0 Å². The topological polar surface area (TPSA) is 90.0 Å². The molecule has 0 saturated carbocycles. The molecule has 5 rings (SSSR count). The van der Waals surface area contributed by atoms with E-state index in [0.717, 1.165) is 35.5 Å². The first kappa shape index (κ1) is 19.6. The number of nitrogens with one attached hydrogen (secondary N) is 1. The molecule has 0 saturated heterocycles. The summed E-state index contributed by atoms with van der Waals surface area (Å²) in [5.41, 5.74) is 4.55. The Morgan fingerprint density at radius 1 is 0.938 bits per heavy atom. The van der Waals surface area contributed by atoms with E-state index in [4.69, 9.17) is 4.98 Å². The van der Waals surface area contributed by atoms with Crippen LogP contribution in [0.1, 0.15) is 16.9 Å². The second-order valence-electron chi connectivity index (χ2n) is 7.34. The summed E-state index contributed by atoms with van der Waals surface area (Å²) in [5, 5.41) is 7.50. The van der Waals surface area contributed by atoms with Gasteiger partial charge in [-0.2, -0.15) is 5.10 Å². The van der Waals surface area contributed by atoms with Gasteiger partial charge >= 0.3 is 0 Å². The Bertz CT molecular complexity index is 1330. The van der Waals surface area contributed by atoms with Crippen LogP contribution in [0, 0.1) is 0 Å². The average molecular weight is 423 g/mol. The molecule has 0 aliphatic rings. The molecule has 0 bridgehead atoms. The molecule has 4 aromatic heterocycles. The molecule has 158 valence electrons. The second kappa shape index (κ2) is 8.81. The molecule has 0 atom stereocenters. The summed E-state index contributed by atoms with van der Waals surface area (Å²) >= 11 is 0. The molecular weight excluding hydrogens is 402 g/mol. The van der Waals surface area contributed by atoms with Gasteiger partial charge in [0, 0.05) is 55.1 Å². The van der Waals surface area contributed by atoms with Crippen molar-refractivity contribution in [1.29, 1.82) is 0 Å². The maximum absolute atomic E-state index is 12.7. The number of rotatable bonds is 7. The zero-order valence-corrected chi connectivity index (χ0v) is 17.3. The van der Waals surface area contributed by atoms with E-state index in [1.807, 2.05) is 59.3 Å². The Morgan fingerprint density at radius 2 is 1.78 bits per heavy atom. The number of nitrogens with zero attached hydrogens (tertiary/aromatic N) is 6. The van der Waals surface area contributed by atoms with Gasteiger partial charge in [-0.05, 0) is 24.6 Å². The number of carbonyl (C=O) groups is 1. The fourth-order valence-corrected chi connectivity index (χ4v) is 3.54. The summed E-state index contributed by atoms with van der Waals surface area (Å²) in [4.78, 5) is 25.6. The van der Waals surface area contributed by atoms with Crippen LogP contribution in [0.15, 0.2) is 85.7 Å². The van der Waals surface area contributed by atoms with Crippen molar-refractivity contribution in [2.24, 2.45) is 0 Å². The summed E-state index contributed by atoms with van der Waals surface area (Å²) in [5.74, 6) is -0.219. The average Bonchev–Trinajstić information content (AvgIpc) is 3.52. The van der Waals surface area contributed by atoms with E-state index in [1.54, 1.807) is 35.5 Å². The first-order valence-corrected chi connectivity index (χ1v) is 10.4. The predicted octanol–water partition coefficient (Wildman–Crippen LogP) is 3.47. The maximum Gasteiger partial charge on any atom is 0.271 e. The Morgan fingerprint density at radius 3 is 2.56 bits per heavy atom. The monoisotopic (exact) mass is 423 g/mol. The second-order valence-corrected chi connectivity index (χ2v) is 7.34. The van der Waals surface area contributed by atoms with Gasteiger partial charge < -0.3 is 9.88 Å². The van der Waals surface area contributed by atoms with Crippen molar-refractivity contribution in [2.75, 3.05) is 6.54 Å². The van der Waals surface area contributed by atoms with Crippen molar-refractivity contribution >= 4 is 11.6 Å². The lowest BCUT2D eigenvalue weighted by Gasteiger charge is -2.08. The molecule has 8 nitrogen and oxygen atoms in total. The van der Waals surface area contributed by atoms with Crippen molar-refractivity contribution in [2.45, 2.75) is 13.0 Å². The van der Waals surface area contributed by atoms with Crippen LogP contribution >= 0.6 is 0 Å². The van der Waals surface area contributed by atoms with Crippen LogP contribution in [0.3, 0.4) is 0 Å². The van der Waals surface area contributed by atoms with E-state index in [-0.39, 0.29) is 5.91 Å². The lowest BCUT2D eigenvalue weighted by Crippen LogP contribution is -2.25. The summed E-state index contributed by atoms with van der Waals surface area (Å²) in [6.07, 6.45) is 9.68. The quantitative estimate of drug-likeness (QED) is 0.405. The molecular formula is C24H21N7O. The number of aryl methyl sites for hydroxylation is 1. The molecule has 1 aromatic carbocycles. The van der Waals surface area contributed by atoms with E-state index in [2.05, 4.69) is 20.4 Å². The maximum atomic E-state index is 12.7. The fraction of sp³-hybridized carbons (Fsp3) is 0.125. The summed E-state index contributed by atoms with van der Waals surface area (Å²) in [6.45, 7) is 1.34. The first-order chi connectivity index (χ1) is 15.8. The highest BCUT2D eigenvalue weighted by molar-refractivity contribution is 5.93. The third kappa shape index (κ3) is 4.11. The number of imidazole rings is 1. The number of amides is 1. The van der Waals surface area contributed by atoms with Gasteiger partial charge in [-0.3, -0.25) is 9.78 Å². The molecule has 1 amide bonds. The Kier molecular flexibility index (Phi) is 5.40. The molecule has 0 fully saturated rings. The smallest absolute Gasteiger partial charge is 0.271 e. The minimum absolute atomic E-state index is 0.219. The van der Waals surface area contributed by atoms with Gasteiger partial charge in [0.15, 0.2) is 11.3 Å². The minimum atomic E-state index is -0.219. The third-order valence-corrected chi connectivity index (χ3v) is 5.14. The van der Waals surface area contributed by atoms with Crippen LogP contribution in [0.2, 0.25) is 0 Å². The van der Waals surface area contributed by atoms with Gasteiger partial charge in [0.1, 0.15) is 0 Å². The summed E-state index contributed by atoms with van der Waals surface area (Å²) < 4.78 is 3.69. The van der Waals surface area contributed by atoms with Gasteiger partial charge in [0.05, 0.1) is 17.7 Å². The van der Waals surface area contributed by atoms with Gasteiger partial charge in [-0.25, -0.2) is 14.5 Å². The molecule has 0 aliphatic heterocycles. The number of aromatic nitrogens is 6. The summed E-state index contributed by atoms with van der Waals surface area (Å²) in [7, 11) is 0. The van der Waals surface area contributed by atoms with Crippen LogP contribution in [0.25, 0.3) is 28.2 Å². The molecule has 8 heteroatoms. The Hall–Kier alpha value is -4.33. The zero-order chi connectivity index (χ0) is 21.8. The van der Waals surface area contributed by atoms with E-state index in [0.29, 0.717) is 17.9 Å². The lowest BCUT2D eigenvalue weighted by atomic mass is 10.1. The number of pyridine rings is 1. The lowest BCUT2D eigenvalue weighted by molar-refractivity contribution is 0.0947. The third-order valence-electron chi connectivity index (χ3n) is 5.14. The van der Waals surface area contributed by atoms with Gasteiger partial charge in [-0.1, -0.05) is 30.3 Å². The molecule has 0 unspecified atom stereocenters. The highest BCUT2D eigenvalue weighted by Crippen LogP contribution is 2.26. The molecule has 0 aliphatic carbocycles. The van der Waals surface area contributed by atoms with Gasteiger partial charge in [0.25, 0.3) is 5.91 Å². The van der Waals surface area contributed by atoms with E-state index < -0.39 is 0 Å². The Balaban J connectivity index is 1.44. The molecule has 32 heavy (non-hydrogen) atoms. The van der Waals surface area contributed by atoms with Crippen molar-refractivity contribution in [3.63, 3.8) is 0 Å². The SMILES string of the molecule is O=C(NCCCn1ccnc1)c1cc2nc(-c3ccccc3)cc(-c3ccncc3)n2n1. The minimum Gasteiger partial charge on any atom is -0.351 e. The Labute approximate surface area is 184 Å². The van der Waals surface area contributed by atoms with Crippen molar-refractivity contribution in [1.82, 2.24) is 34.4 Å². The van der Waals surface area contributed by atoms with E-state index >= 15 is 0 Å². The van der Waals surface area contributed by atoms with Crippen LogP contribution in [-0.4, -0.2) is 41.6 Å². The van der Waals surface area contributed by atoms with Gasteiger partial charge in [-0.15, -0.1) is 0 Å². The predicted molar refractivity (Wildman–Crippen MR) is 121 cm³/mol. The molecule has 0 spiro atoms.